The Bertz CT molecular complexity index is 231. The summed E-state index contributed by atoms with van der Waals surface area (Å²) >= 11 is 0. The van der Waals surface area contributed by atoms with Crippen molar-refractivity contribution in [2.24, 2.45) is 0 Å². The molecule has 0 saturated carbocycles. The Balaban J connectivity index is 2.36. The summed E-state index contributed by atoms with van der Waals surface area (Å²) in [6.45, 7) is 7.85. The maximum atomic E-state index is 12.0. The van der Waals surface area contributed by atoms with E-state index in [1.807, 2.05) is 4.90 Å². The molecule has 0 radical (unpaired) electrons. The number of likely N-dealkylation sites (tertiary alicyclic amines) is 1. The van der Waals surface area contributed by atoms with Crippen LogP contribution < -0.4 is 5.32 Å². The number of amides is 1. The normalized spacial score (nSPS) is 23.2. The van der Waals surface area contributed by atoms with Crippen molar-refractivity contribution < 1.29 is 9.53 Å². The van der Waals surface area contributed by atoms with Crippen molar-refractivity contribution in [3.05, 3.63) is 0 Å². The zero-order chi connectivity index (χ0) is 12.1. The number of hydrogen-bond acceptors (Lipinski definition) is 3. The van der Waals surface area contributed by atoms with Crippen LogP contribution in [0.2, 0.25) is 0 Å². The number of carbonyl (C=O) groups is 1. The Hall–Kier alpha value is -0.610. The van der Waals surface area contributed by atoms with E-state index in [1.165, 1.54) is 0 Å². The van der Waals surface area contributed by atoms with Crippen LogP contribution in [-0.2, 0) is 9.53 Å². The highest BCUT2D eigenvalue weighted by atomic mass is 16.5. The van der Waals surface area contributed by atoms with Gasteiger partial charge in [0.25, 0.3) is 0 Å². The Morgan fingerprint density at radius 2 is 2.19 bits per heavy atom. The van der Waals surface area contributed by atoms with Gasteiger partial charge >= 0.3 is 0 Å². The summed E-state index contributed by atoms with van der Waals surface area (Å²) < 4.78 is 5.03. The molecule has 1 saturated heterocycles. The van der Waals surface area contributed by atoms with Crippen LogP contribution in [-0.4, -0.2) is 49.2 Å². The van der Waals surface area contributed by atoms with Gasteiger partial charge in [0.1, 0.15) is 0 Å². The van der Waals surface area contributed by atoms with Crippen LogP contribution >= 0.6 is 0 Å². The molecule has 0 spiro atoms. The molecule has 1 fully saturated rings. The molecule has 1 heterocycles. The molecular weight excluding hydrogens is 204 g/mol. The van der Waals surface area contributed by atoms with Crippen LogP contribution in [0.4, 0.5) is 0 Å². The van der Waals surface area contributed by atoms with Gasteiger partial charge in [-0.2, -0.15) is 0 Å². The minimum Gasteiger partial charge on any atom is -0.385 e. The summed E-state index contributed by atoms with van der Waals surface area (Å²) in [5.74, 6) is 0.249. The molecule has 4 heteroatoms. The second kappa shape index (κ2) is 6.21. The topological polar surface area (TPSA) is 41.6 Å². The lowest BCUT2D eigenvalue weighted by molar-refractivity contribution is -0.131. The van der Waals surface area contributed by atoms with E-state index in [1.54, 1.807) is 7.11 Å². The van der Waals surface area contributed by atoms with E-state index >= 15 is 0 Å². The number of rotatable bonds is 6. The van der Waals surface area contributed by atoms with Gasteiger partial charge in [-0.05, 0) is 33.6 Å². The third-order valence-corrected chi connectivity index (χ3v) is 3.10. The Labute approximate surface area is 98.3 Å². The van der Waals surface area contributed by atoms with Gasteiger partial charge in [-0.1, -0.05) is 0 Å². The van der Waals surface area contributed by atoms with Gasteiger partial charge in [-0.25, -0.2) is 0 Å². The Kier molecular flexibility index (Phi) is 5.22. The first-order valence-electron chi connectivity index (χ1n) is 6.11. The van der Waals surface area contributed by atoms with Crippen LogP contribution in [0.3, 0.4) is 0 Å². The summed E-state index contributed by atoms with van der Waals surface area (Å²) in [5.41, 5.74) is 0. The summed E-state index contributed by atoms with van der Waals surface area (Å²) in [4.78, 5) is 13.9. The summed E-state index contributed by atoms with van der Waals surface area (Å²) in [6, 6.07) is 0.656. The molecular formula is C12H24N2O2. The zero-order valence-electron chi connectivity index (χ0n) is 10.8. The van der Waals surface area contributed by atoms with Crippen molar-refractivity contribution in [1.29, 1.82) is 0 Å². The van der Waals surface area contributed by atoms with Crippen molar-refractivity contribution in [3.8, 4) is 0 Å². The molecule has 16 heavy (non-hydrogen) atoms. The molecule has 1 N–H and O–H groups in total. The van der Waals surface area contributed by atoms with Gasteiger partial charge in [-0.15, -0.1) is 0 Å². The smallest absolute Gasteiger partial charge is 0.240 e. The molecule has 1 rings (SSSR count). The molecule has 1 amide bonds. The summed E-state index contributed by atoms with van der Waals surface area (Å²) in [7, 11) is 1.70. The zero-order valence-corrected chi connectivity index (χ0v) is 10.8. The maximum Gasteiger partial charge on any atom is 0.240 e. The number of methoxy groups -OCH3 is 1. The highest BCUT2D eigenvalue weighted by Crippen LogP contribution is 2.15. The fraction of sp³-hybridized carbons (Fsp3) is 0.917. The number of hydrogen-bond donors (Lipinski definition) is 1. The van der Waals surface area contributed by atoms with E-state index < -0.39 is 0 Å². The minimum atomic E-state index is 0.00857. The maximum absolute atomic E-state index is 12.0. The lowest BCUT2D eigenvalue weighted by Gasteiger charge is -2.22. The van der Waals surface area contributed by atoms with E-state index in [9.17, 15) is 4.79 Å². The molecule has 0 aromatic carbocycles. The lowest BCUT2D eigenvalue weighted by Crippen LogP contribution is -2.44. The minimum absolute atomic E-state index is 0.00857. The van der Waals surface area contributed by atoms with Gasteiger partial charge in [0.15, 0.2) is 0 Å². The van der Waals surface area contributed by atoms with Gasteiger partial charge in [-0.3, -0.25) is 4.79 Å². The molecule has 0 aliphatic carbocycles. The van der Waals surface area contributed by atoms with Crippen molar-refractivity contribution in [2.45, 2.75) is 51.7 Å². The molecule has 2 unspecified atom stereocenters. The SMILES string of the molecule is COCCC(C)NC1CCN(C(C)C)C1=O. The van der Waals surface area contributed by atoms with Crippen molar-refractivity contribution >= 4 is 5.91 Å². The predicted octanol–water partition coefficient (Wildman–Crippen LogP) is 1.01. The number of ether oxygens (including phenoxy) is 1. The van der Waals surface area contributed by atoms with E-state index in [0.29, 0.717) is 12.1 Å². The molecule has 0 bridgehead atoms. The van der Waals surface area contributed by atoms with Crippen LogP contribution in [0.5, 0.6) is 0 Å². The van der Waals surface area contributed by atoms with Crippen LogP contribution in [0.25, 0.3) is 0 Å². The van der Waals surface area contributed by atoms with Gasteiger partial charge < -0.3 is 15.0 Å². The van der Waals surface area contributed by atoms with Crippen molar-refractivity contribution in [3.63, 3.8) is 0 Å². The van der Waals surface area contributed by atoms with Crippen LogP contribution in [0.1, 0.15) is 33.6 Å². The summed E-state index contributed by atoms with van der Waals surface area (Å²) in [5, 5.41) is 3.38. The number of nitrogens with one attached hydrogen (secondary N) is 1. The van der Waals surface area contributed by atoms with E-state index in [-0.39, 0.29) is 11.9 Å². The summed E-state index contributed by atoms with van der Waals surface area (Å²) in [6.07, 6.45) is 1.87. The van der Waals surface area contributed by atoms with E-state index in [2.05, 4.69) is 26.1 Å². The molecule has 0 aromatic rings. The number of carbonyl (C=O) groups excluding carboxylic acids is 1. The highest BCUT2D eigenvalue weighted by Gasteiger charge is 2.33. The molecule has 1 aliphatic rings. The molecule has 2 atom stereocenters. The van der Waals surface area contributed by atoms with Gasteiger partial charge in [0.05, 0.1) is 6.04 Å². The first-order chi connectivity index (χ1) is 7.56. The van der Waals surface area contributed by atoms with Crippen molar-refractivity contribution in [1.82, 2.24) is 10.2 Å². The Morgan fingerprint density at radius 3 is 2.69 bits per heavy atom. The van der Waals surface area contributed by atoms with Crippen molar-refractivity contribution in [2.75, 3.05) is 20.3 Å². The average molecular weight is 228 g/mol. The van der Waals surface area contributed by atoms with E-state index in [0.717, 1.165) is 26.0 Å². The Morgan fingerprint density at radius 1 is 1.50 bits per heavy atom. The van der Waals surface area contributed by atoms with E-state index in [4.69, 9.17) is 4.74 Å². The molecule has 94 valence electrons. The van der Waals surface area contributed by atoms with Crippen LogP contribution in [0.15, 0.2) is 0 Å². The quantitative estimate of drug-likeness (QED) is 0.737. The second-order valence-corrected chi connectivity index (χ2v) is 4.82. The number of nitrogens with zero attached hydrogens (tertiary/aromatic N) is 1. The monoisotopic (exact) mass is 228 g/mol. The third-order valence-electron chi connectivity index (χ3n) is 3.10. The largest absolute Gasteiger partial charge is 0.385 e. The third kappa shape index (κ3) is 3.46. The fourth-order valence-corrected chi connectivity index (χ4v) is 2.09. The van der Waals surface area contributed by atoms with Crippen LogP contribution in [0, 0.1) is 0 Å². The standard InChI is InChI=1S/C12H24N2O2/c1-9(2)14-7-5-11(12(14)15)13-10(3)6-8-16-4/h9-11,13H,5-8H2,1-4H3. The van der Waals surface area contributed by atoms with Gasteiger partial charge in [0, 0.05) is 32.3 Å². The molecule has 1 aliphatic heterocycles. The fourth-order valence-electron chi connectivity index (χ4n) is 2.09. The highest BCUT2D eigenvalue weighted by molar-refractivity contribution is 5.84. The molecule has 4 nitrogen and oxygen atoms in total. The first-order valence-corrected chi connectivity index (χ1v) is 6.11. The molecule has 0 aromatic heterocycles. The second-order valence-electron chi connectivity index (χ2n) is 4.82. The van der Waals surface area contributed by atoms with Gasteiger partial charge in [0.2, 0.25) is 5.91 Å². The lowest BCUT2D eigenvalue weighted by atomic mass is 10.2. The first kappa shape index (κ1) is 13.5. The average Bonchev–Trinajstić information content (AvgIpc) is 2.57. The predicted molar refractivity (Wildman–Crippen MR) is 64.3 cm³/mol.